The molecule has 0 bridgehead atoms. The summed E-state index contributed by atoms with van der Waals surface area (Å²) >= 11 is 0. The van der Waals surface area contributed by atoms with Crippen molar-refractivity contribution in [1.82, 2.24) is 4.98 Å². The largest absolute Gasteiger partial charge is 0.417 e. The average molecular weight is 384 g/mol. The Bertz CT molecular complexity index is 1020. The summed E-state index contributed by atoms with van der Waals surface area (Å²) in [5.74, 6) is -0.800. The number of allylic oxidation sites excluding steroid dienone is 2. The van der Waals surface area contributed by atoms with E-state index in [4.69, 9.17) is 0 Å². The number of carbonyl (C=O) groups is 1. The molecule has 0 unspecified atom stereocenters. The number of para-hydroxylation sites is 1. The van der Waals surface area contributed by atoms with Crippen LogP contribution >= 0.6 is 0 Å². The van der Waals surface area contributed by atoms with Gasteiger partial charge in [0.25, 0.3) is 5.91 Å². The molecule has 0 saturated carbocycles. The number of halogens is 3. The molecule has 0 saturated heterocycles. The quantitative estimate of drug-likeness (QED) is 0.547. The summed E-state index contributed by atoms with van der Waals surface area (Å²) in [7, 11) is 0. The first-order valence-corrected chi connectivity index (χ1v) is 8.91. The molecule has 0 radical (unpaired) electrons. The second-order valence-electron chi connectivity index (χ2n) is 6.26. The first-order chi connectivity index (χ1) is 13.4. The molecule has 0 atom stereocenters. The highest BCUT2D eigenvalue weighted by molar-refractivity contribution is 6.10. The van der Waals surface area contributed by atoms with Crippen molar-refractivity contribution in [3.8, 4) is 0 Å². The number of hydrogen-bond acceptors (Lipinski definition) is 2. The molecule has 3 rings (SSSR count). The van der Waals surface area contributed by atoms with Gasteiger partial charge >= 0.3 is 6.18 Å². The van der Waals surface area contributed by atoms with E-state index in [9.17, 15) is 18.0 Å². The number of anilines is 1. The van der Waals surface area contributed by atoms with E-state index in [1.807, 2.05) is 25.1 Å². The fourth-order valence-corrected chi connectivity index (χ4v) is 3.04. The predicted octanol–water partition coefficient (Wildman–Crippen LogP) is 6.01. The zero-order valence-electron chi connectivity index (χ0n) is 15.3. The number of rotatable bonds is 5. The summed E-state index contributed by atoms with van der Waals surface area (Å²) in [4.78, 5) is 17.1. The Balaban J connectivity index is 2.05. The number of amides is 1. The van der Waals surface area contributed by atoms with Gasteiger partial charge in [0.05, 0.1) is 22.3 Å². The van der Waals surface area contributed by atoms with Crippen molar-refractivity contribution in [2.75, 3.05) is 5.32 Å². The van der Waals surface area contributed by atoms with Crippen molar-refractivity contribution in [1.29, 1.82) is 0 Å². The van der Waals surface area contributed by atoms with Crippen LogP contribution in [0.3, 0.4) is 0 Å². The molecular formula is C22H19F3N2O. The summed E-state index contributed by atoms with van der Waals surface area (Å²) in [5.41, 5.74) is -0.0834. The molecule has 0 spiro atoms. The second kappa shape index (κ2) is 8.25. The Labute approximate surface area is 160 Å². The molecule has 6 heteroatoms. The van der Waals surface area contributed by atoms with Crippen LogP contribution in [0.15, 0.2) is 66.9 Å². The molecule has 1 amide bonds. The minimum Gasteiger partial charge on any atom is -0.320 e. The van der Waals surface area contributed by atoms with Crippen LogP contribution in [0.5, 0.6) is 0 Å². The fraction of sp³-hybridized carbons (Fsp3) is 0.182. The van der Waals surface area contributed by atoms with Crippen molar-refractivity contribution in [3.63, 3.8) is 0 Å². The van der Waals surface area contributed by atoms with Crippen molar-refractivity contribution >= 4 is 22.5 Å². The maximum atomic E-state index is 13.6. The predicted molar refractivity (Wildman–Crippen MR) is 104 cm³/mol. The van der Waals surface area contributed by atoms with Crippen molar-refractivity contribution in [2.24, 2.45) is 0 Å². The molecule has 1 N–H and O–H groups in total. The molecule has 1 aromatic heterocycles. The van der Waals surface area contributed by atoms with Gasteiger partial charge in [0.1, 0.15) is 0 Å². The maximum absolute atomic E-state index is 13.6. The topological polar surface area (TPSA) is 42.0 Å². The Hall–Kier alpha value is -3.15. The normalized spacial score (nSPS) is 11.9. The van der Waals surface area contributed by atoms with Crippen LogP contribution < -0.4 is 5.32 Å². The Morgan fingerprint density at radius 2 is 1.82 bits per heavy atom. The minimum atomic E-state index is -4.63. The third kappa shape index (κ3) is 4.22. The van der Waals surface area contributed by atoms with E-state index in [1.54, 1.807) is 36.5 Å². The number of nitrogens with zero attached hydrogens (tertiary/aromatic N) is 1. The van der Waals surface area contributed by atoms with Gasteiger partial charge in [-0.15, -0.1) is 0 Å². The molecule has 1 heterocycles. The van der Waals surface area contributed by atoms with Gasteiger partial charge in [0, 0.05) is 11.6 Å². The molecule has 0 aliphatic carbocycles. The lowest BCUT2D eigenvalue weighted by Crippen LogP contribution is -2.21. The maximum Gasteiger partial charge on any atom is 0.417 e. The van der Waals surface area contributed by atoms with Gasteiger partial charge in [0.15, 0.2) is 0 Å². The summed E-state index contributed by atoms with van der Waals surface area (Å²) < 4.78 is 40.7. The molecule has 0 aliphatic heterocycles. The number of hydrogen-bond donors (Lipinski definition) is 1. The van der Waals surface area contributed by atoms with Crippen LogP contribution in [0.4, 0.5) is 18.9 Å². The van der Waals surface area contributed by atoms with Crippen molar-refractivity contribution in [2.45, 2.75) is 25.9 Å². The summed E-state index contributed by atoms with van der Waals surface area (Å²) in [6.07, 6.45) is 1.58. The molecular weight excluding hydrogens is 365 g/mol. The molecule has 3 aromatic rings. The number of aromatic nitrogens is 1. The first-order valence-electron chi connectivity index (χ1n) is 8.91. The summed E-state index contributed by atoms with van der Waals surface area (Å²) in [6.45, 7) is 1.93. The Morgan fingerprint density at radius 1 is 1.07 bits per heavy atom. The van der Waals surface area contributed by atoms with Gasteiger partial charge in [-0.2, -0.15) is 13.2 Å². The van der Waals surface area contributed by atoms with E-state index in [2.05, 4.69) is 10.3 Å². The SMILES string of the molecule is CC/C=C/Cc1cccc(C(F)(F)F)c1C(=O)Nc1cccc2cccnc12. The van der Waals surface area contributed by atoms with E-state index < -0.39 is 17.6 Å². The Morgan fingerprint density at radius 3 is 2.57 bits per heavy atom. The van der Waals surface area contributed by atoms with Crippen molar-refractivity contribution < 1.29 is 18.0 Å². The van der Waals surface area contributed by atoms with Crippen LogP contribution in [0.25, 0.3) is 10.9 Å². The third-order valence-corrected chi connectivity index (χ3v) is 4.30. The lowest BCUT2D eigenvalue weighted by Gasteiger charge is -2.16. The molecule has 0 aliphatic rings. The Kier molecular flexibility index (Phi) is 5.78. The first kappa shape index (κ1) is 19.6. The molecule has 144 valence electrons. The monoisotopic (exact) mass is 384 g/mol. The zero-order chi connectivity index (χ0) is 20.1. The van der Waals surface area contributed by atoms with E-state index in [-0.39, 0.29) is 12.0 Å². The van der Waals surface area contributed by atoms with E-state index in [1.165, 1.54) is 6.07 Å². The standard InChI is InChI=1S/C22H19F3N2O/c1-2-3-4-8-15-9-5-12-17(22(23,24)25)19(15)21(28)27-18-13-6-10-16-11-7-14-26-20(16)18/h3-7,9-14H,2,8H2,1H3,(H,27,28)/b4-3+. The smallest absolute Gasteiger partial charge is 0.320 e. The van der Waals surface area contributed by atoms with Gasteiger partial charge in [-0.05, 0) is 36.6 Å². The molecule has 2 aromatic carbocycles. The zero-order valence-corrected chi connectivity index (χ0v) is 15.3. The van der Waals surface area contributed by atoms with Crippen LogP contribution in [-0.4, -0.2) is 10.9 Å². The summed E-state index contributed by atoms with van der Waals surface area (Å²) in [5, 5.41) is 3.41. The second-order valence-corrected chi connectivity index (χ2v) is 6.26. The number of alkyl halides is 3. The van der Waals surface area contributed by atoms with Gasteiger partial charge < -0.3 is 5.32 Å². The highest BCUT2D eigenvalue weighted by Gasteiger charge is 2.36. The van der Waals surface area contributed by atoms with Crippen LogP contribution in [-0.2, 0) is 12.6 Å². The lowest BCUT2D eigenvalue weighted by atomic mass is 9.97. The van der Waals surface area contributed by atoms with Gasteiger partial charge in [0.2, 0.25) is 0 Å². The van der Waals surface area contributed by atoms with Crippen LogP contribution in [0, 0.1) is 0 Å². The van der Waals surface area contributed by atoms with Gasteiger partial charge in [-0.1, -0.05) is 49.4 Å². The van der Waals surface area contributed by atoms with Crippen LogP contribution in [0.2, 0.25) is 0 Å². The number of nitrogens with one attached hydrogen (secondary N) is 1. The lowest BCUT2D eigenvalue weighted by molar-refractivity contribution is -0.137. The number of benzene rings is 2. The molecule has 28 heavy (non-hydrogen) atoms. The van der Waals surface area contributed by atoms with Gasteiger partial charge in [-0.25, -0.2) is 0 Å². The third-order valence-electron chi connectivity index (χ3n) is 4.30. The van der Waals surface area contributed by atoms with E-state index >= 15 is 0 Å². The number of fused-ring (bicyclic) bond motifs is 1. The highest BCUT2D eigenvalue weighted by Crippen LogP contribution is 2.34. The van der Waals surface area contributed by atoms with Crippen LogP contribution in [0.1, 0.15) is 34.8 Å². The minimum absolute atomic E-state index is 0.244. The fourth-order valence-electron chi connectivity index (χ4n) is 3.04. The molecule has 3 nitrogen and oxygen atoms in total. The average Bonchev–Trinajstić information content (AvgIpc) is 2.67. The molecule has 0 fully saturated rings. The van der Waals surface area contributed by atoms with E-state index in [0.717, 1.165) is 17.9 Å². The highest BCUT2D eigenvalue weighted by atomic mass is 19.4. The van der Waals surface area contributed by atoms with Crippen molar-refractivity contribution in [3.05, 3.63) is 83.6 Å². The number of carbonyl (C=O) groups excluding carboxylic acids is 1. The summed E-state index contributed by atoms with van der Waals surface area (Å²) in [6, 6.07) is 12.6. The van der Waals surface area contributed by atoms with E-state index in [0.29, 0.717) is 16.8 Å². The number of pyridine rings is 1. The van der Waals surface area contributed by atoms with Gasteiger partial charge in [-0.3, -0.25) is 9.78 Å².